The molecule has 2 aromatic rings. The van der Waals surface area contributed by atoms with Gasteiger partial charge in [-0.1, -0.05) is 17.7 Å². The Morgan fingerprint density at radius 3 is 2.72 bits per heavy atom. The molecule has 1 amide bonds. The number of aromatic nitrogens is 1. The number of carbonyl (C=O) groups excluding carboxylic acids is 2. The van der Waals surface area contributed by atoms with Gasteiger partial charge in [0.15, 0.2) is 0 Å². The molecule has 1 aromatic carbocycles. The number of amides is 1. The van der Waals surface area contributed by atoms with Crippen molar-refractivity contribution in [2.24, 2.45) is 11.3 Å². The lowest BCUT2D eigenvalue weighted by Crippen LogP contribution is -2.45. The molecule has 2 heterocycles. The summed E-state index contributed by atoms with van der Waals surface area (Å²) in [6.07, 6.45) is 3.52. The molecule has 1 aliphatic rings. The van der Waals surface area contributed by atoms with Crippen molar-refractivity contribution in [2.45, 2.75) is 26.7 Å². The highest BCUT2D eigenvalue weighted by Crippen LogP contribution is 2.36. The van der Waals surface area contributed by atoms with Crippen molar-refractivity contribution in [3.05, 3.63) is 53.2 Å². The van der Waals surface area contributed by atoms with Crippen LogP contribution in [0.4, 0.5) is 11.5 Å². The summed E-state index contributed by atoms with van der Waals surface area (Å²) in [5.41, 5.74) is 0.553. The maximum atomic E-state index is 12.4. The van der Waals surface area contributed by atoms with Crippen LogP contribution in [0.25, 0.3) is 0 Å². The van der Waals surface area contributed by atoms with E-state index in [2.05, 4.69) is 15.2 Å². The lowest BCUT2D eigenvalue weighted by Gasteiger charge is -2.40. The zero-order valence-corrected chi connectivity index (χ0v) is 17.7. The average Bonchev–Trinajstić information content (AvgIpc) is 2.73. The van der Waals surface area contributed by atoms with Gasteiger partial charge in [0, 0.05) is 30.0 Å². The number of pyridine rings is 1. The van der Waals surface area contributed by atoms with E-state index in [0.29, 0.717) is 16.3 Å². The van der Waals surface area contributed by atoms with Gasteiger partial charge in [-0.2, -0.15) is 0 Å². The van der Waals surface area contributed by atoms with E-state index in [1.165, 1.54) is 7.11 Å². The summed E-state index contributed by atoms with van der Waals surface area (Å²) in [5, 5.41) is 3.38. The molecule has 1 aliphatic heterocycles. The lowest BCUT2D eigenvalue weighted by molar-refractivity contribution is -0.154. The van der Waals surface area contributed by atoms with Crippen LogP contribution in [0.5, 0.6) is 0 Å². The summed E-state index contributed by atoms with van der Waals surface area (Å²) >= 11 is 5.96. The zero-order valence-electron chi connectivity index (χ0n) is 16.9. The molecule has 1 saturated heterocycles. The summed E-state index contributed by atoms with van der Waals surface area (Å²) < 4.78 is 4.98. The van der Waals surface area contributed by atoms with Crippen LogP contribution in [0, 0.1) is 11.3 Å². The van der Waals surface area contributed by atoms with E-state index in [-0.39, 0.29) is 17.8 Å². The molecule has 7 heteroatoms. The molecular formula is C22H26ClN3O3. The molecule has 1 unspecified atom stereocenters. The molecule has 1 aromatic heterocycles. The summed E-state index contributed by atoms with van der Waals surface area (Å²) in [4.78, 5) is 31.3. The molecule has 154 valence electrons. The summed E-state index contributed by atoms with van der Waals surface area (Å²) in [6, 6.07) is 10.6. The fraction of sp³-hybridized carbons (Fsp3) is 0.409. The number of esters is 1. The Balaban J connectivity index is 1.68. The molecular weight excluding hydrogens is 390 g/mol. The van der Waals surface area contributed by atoms with Gasteiger partial charge in [-0.3, -0.25) is 9.59 Å². The largest absolute Gasteiger partial charge is 0.469 e. The topological polar surface area (TPSA) is 71.5 Å². The molecule has 0 spiro atoms. The number of nitrogens with zero attached hydrogens (tertiary/aromatic N) is 2. The number of hydrogen-bond acceptors (Lipinski definition) is 5. The van der Waals surface area contributed by atoms with Crippen molar-refractivity contribution < 1.29 is 14.3 Å². The first kappa shape index (κ1) is 21.1. The summed E-state index contributed by atoms with van der Waals surface area (Å²) in [5.74, 6) is 0.547. The smallest absolute Gasteiger partial charge is 0.311 e. The van der Waals surface area contributed by atoms with Crippen molar-refractivity contribution in [1.82, 2.24) is 4.98 Å². The summed E-state index contributed by atoms with van der Waals surface area (Å²) in [6.45, 7) is 5.46. The minimum atomic E-state index is -0.551. The van der Waals surface area contributed by atoms with Crippen LogP contribution in [-0.2, 0) is 9.53 Å². The molecule has 29 heavy (non-hydrogen) atoms. The normalized spacial score (nSPS) is 17.0. The number of methoxy groups -OCH3 is 1. The Bertz CT molecular complexity index is 883. The van der Waals surface area contributed by atoms with Crippen molar-refractivity contribution in [3.8, 4) is 0 Å². The Kier molecular flexibility index (Phi) is 6.42. The molecule has 1 atom stereocenters. The molecule has 0 radical (unpaired) electrons. The molecule has 3 rings (SSSR count). The Hall–Kier alpha value is -2.60. The Morgan fingerprint density at radius 2 is 2.07 bits per heavy atom. The van der Waals surface area contributed by atoms with Crippen LogP contribution < -0.4 is 10.2 Å². The van der Waals surface area contributed by atoms with Gasteiger partial charge in [0.2, 0.25) is 0 Å². The third kappa shape index (κ3) is 4.88. The predicted octanol–water partition coefficient (Wildman–Crippen LogP) is 4.40. The second-order valence-corrected chi connectivity index (χ2v) is 8.30. The quantitative estimate of drug-likeness (QED) is 0.732. The monoisotopic (exact) mass is 415 g/mol. The zero-order chi connectivity index (χ0) is 21.0. The van der Waals surface area contributed by atoms with E-state index < -0.39 is 5.41 Å². The van der Waals surface area contributed by atoms with Gasteiger partial charge < -0.3 is 15.0 Å². The van der Waals surface area contributed by atoms with Gasteiger partial charge in [0.1, 0.15) is 5.82 Å². The number of rotatable bonds is 5. The third-order valence-corrected chi connectivity index (χ3v) is 5.81. The number of nitrogens with one attached hydrogen (secondary N) is 1. The third-order valence-electron chi connectivity index (χ3n) is 5.57. The number of hydrogen-bond donors (Lipinski definition) is 1. The Morgan fingerprint density at radius 1 is 1.28 bits per heavy atom. The van der Waals surface area contributed by atoms with Crippen LogP contribution in [0.1, 0.15) is 37.0 Å². The van der Waals surface area contributed by atoms with Crippen LogP contribution in [0.15, 0.2) is 42.6 Å². The molecule has 0 aliphatic carbocycles. The number of ether oxygens (including phenoxy) is 1. The predicted molar refractivity (Wildman–Crippen MR) is 114 cm³/mol. The van der Waals surface area contributed by atoms with Gasteiger partial charge in [0.05, 0.1) is 18.1 Å². The molecule has 6 nitrogen and oxygen atoms in total. The van der Waals surface area contributed by atoms with Gasteiger partial charge in [-0.05, 0) is 62.9 Å². The molecule has 1 N–H and O–H groups in total. The summed E-state index contributed by atoms with van der Waals surface area (Å²) in [7, 11) is 1.43. The van der Waals surface area contributed by atoms with E-state index in [9.17, 15) is 9.59 Å². The van der Waals surface area contributed by atoms with Crippen molar-refractivity contribution >= 4 is 35.0 Å². The van der Waals surface area contributed by atoms with E-state index in [4.69, 9.17) is 16.3 Å². The maximum Gasteiger partial charge on any atom is 0.311 e. The fourth-order valence-electron chi connectivity index (χ4n) is 3.68. The van der Waals surface area contributed by atoms with E-state index in [0.717, 1.165) is 31.7 Å². The number of benzene rings is 1. The maximum absolute atomic E-state index is 12.4. The lowest BCUT2D eigenvalue weighted by atomic mass is 9.74. The number of halogens is 1. The van der Waals surface area contributed by atoms with Gasteiger partial charge >= 0.3 is 5.97 Å². The van der Waals surface area contributed by atoms with Crippen LogP contribution in [0.3, 0.4) is 0 Å². The number of anilines is 2. The minimum Gasteiger partial charge on any atom is -0.469 e. The molecule has 1 fully saturated rings. The van der Waals surface area contributed by atoms with Gasteiger partial charge in [0.25, 0.3) is 5.91 Å². The van der Waals surface area contributed by atoms with Crippen molar-refractivity contribution in [2.75, 3.05) is 30.4 Å². The standard InChI is InChI=1S/C22H26ClN3O3/c1-22(2,21(28)29-3)16-6-5-11-26(14-16)19-10-9-15(13-24-19)20(27)25-18-8-4-7-17(23)12-18/h4,7-10,12-13,16H,5-6,11,14H2,1-3H3,(H,25,27). The van der Waals surface area contributed by atoms with E-state index >= 15 is 0 Å². The highest BCUT2D eigenvalue weighted by molar-refractivity contribution is 6.30. The van der Waals surface area contributed by atoms with Gasteiger partial charge in [-0.15, -0.1) is 0 Å². The van der Waals surface area contributed by atoms with Crippen LogP contribution in [-0.4, -0.2) is 37.1 Å². The first-order valence-corrected chi connectivity index (χ1v) is 10.1. The first-order valence-electron chi connectivity index (χ1n) is 9.67. The highest BCUT2D eigenvalue weighted by atomic mass is 35.5. The van der Waals surface area contributed by atoms with Crippen molar-refractivity contribution in [1.29, 1.82) is 0 Å². The van der Waals surface area contributed by atoms with Gasteiger partial charge in [-0.25, -0.2) is 4.98 Å². The molecule has 0 saturated carbocycles. The Labute approximate surface area is 176 Å². The van der Waals surface area contributed by atoms with E-state index in [1.54, 1.807) is 36.5 Å². The van der Waals surface area contributed by atoms with E-state index in [1.807, 2.05) is 19.9 Å². The second-order valence-electron chi connectivity index (χ2n) is 7.87. The highest BCUT2D eigenvalue weighted by Gasteiger charge is 2.40. The SMILES string of the molecule is COC(=O)C(C)(C)C1CCCN(c2ccc(C(=O)Nc3cccc(Cl)c3)cn2)C1. The fourth-order valence-corrected chi connectivity index (χ4v) is 3.87. The number of piperidine rings is 1. The second kappa shape index (κ2) is 8.82. The van der Waals surface area contributed by atoms with Crippen LogP contribution >= 0.6 is 11.6 Å². The van der Waals surface area contributed by atoms with Crippen LogP contribution in [0.2, 0.25) is 5.02 Å². The number of carbonyl (C=O) groups is 2. The molecule has 0 bridgehead atoms. The first-order chi connectivity index (χ1) is 13.8. The average molecular weight is 416 g/mol. The van der Waals surface area contributed by atoms with Crippen molar-refractivity contribution in [3.63, 3.8) is 0 Å². The minimum absolute atomic E-state index is 0.177.